The fraction of sp³-hybridized carbons (Fsp3) is 0.429. The van der Waals surface area contributed by atoms with Crippen LogP contribution in [0.25, 0.3) is 0 Å². The molecule has 19 heavy (non-hydrogen) atoms. The first-order valence-electron chi connectivity index (χ1n) is 6.18. The minimum Gasteiger partial charge on any atom is -0.480 e. The molecule has 5 nitrogen and oxygen atoms in total. The molecule has 0 spiro atoms. The van der Waals surface area contributed by atoms with Crippen molar-refractivity contribution in [3.05, 3.63) is 35.9 Å². The van der Waals surface area contributed by atoms with Gasteiger partial charge in [0.05, 0.1) is 0 Å². The van der Waals surface area contributed by atoms with Gasteiger partial charge in [-0.05, 0) is 17.9 Å². The summed E-state index contributed by atoms with van der Waals surface area (Å²) in [6.45, 7) is 3.97. The van der Waals surface area contributed by atoms with Crippen molar-refractivity contribution in [1.29, 1.82) is 0 Å². The van der Waals surface area contributed by atoms with E-state index in [1.807, 2.05) is 44.2 Å². The SMILES string of the molecule is CC(C)C[C@@H](C(=O)O)N(C=O)OCc1ccccc1. The summed E-state index contributed by atoms with van der Waals surface area (Å²) in [6, 6.07) is 8.32. The number of carboxylic acids is 1. The van der Waals surface area contributed by atoms with E-state index in [4.69, 9.17) is 9.94 Å². The molecule has 0 aliphatic carbocycles. The summed E-state index contributed by atoms with van der Waals surface area (Å²) in [5.74, 6) is -0.905. The molecule has 0 bridgehead atoms. The van der Waals surface area contributed by atoms with Gasteiger partial charge in [0, 0.05) is 0 Å². The van der Waals surface area contributed by atoms with Crippen molar-refractivity contribution in [1.82, 2.24) is 5.06 Å². The topological polar surface area (TPSA) is 66.8 Å². The number of carbonyl (C=O) groups excluding carboxylic acids is 1. The number of aliphatic carboxylic acids is 1. The first-order chi connectivity index (χ1) is 9.04. The number of benzene rings is 1. The van der Waals surface area contributed by atoms with Crippen LogP contribution in [0, 0.1) is 5.92 Å². The smallest absolute Gasteiger partial charge is 0.329 e. The predicted octanol–water partition coefficient (Wildman–Crippen LogP) is 2.08. The Labute approximate surface area is 112 Å². The zero-order valence-corrected chi connectivity index (χ0v) is 11.2. The summed E-state index contributed by atoms with van der Waals surface area (Å²) >= 11 is 0. The van der Waals surface area contributed by atoms with Crippen LogP contribution in [-0.4, -0.2) is 28.6 Å². The third-order valence-electron chi connectivity index (χ3n) is 2.61. The average Bonchev–Trinajstić information content (AvgIpc) is 2.38. The Morgan fingerprint density at radius 1 is 1.37 bits per heavy atom. The van der Waals surface area contributed by atoms with Crippen molar-refractivity contribution in [2.45, 2.75) is 32.9 Å². The number of carboxylic acid groups (broad SMARTS) is 1. The van der Waals surface area contributed by atoms with Crippen LogP contribution in [-0.2, 0) is 21.0 Å². The van der Waals surface area contributed by atoms with E-state index in [1.54, 1.807) is 0 Å². The second kappa shape index (κ2) is 7.53. The summed E-state index contributed by atoms with van der Waals surface area (Å²) in [7, 11) is 0. The standard InChI is InChI=1S/C14H19NO4/c1-11(2)8-13(14(17)18)15(10-16)19-9-12-6-4-3-5-7-12/h3-7,10-11,13H,8-9H2,1-2H3,(H,17,18)/t13-/m0/s1. The van der Waals surface area contributed by atoms with E-state index in [0.29, 0.717) is 12.8 Å². The van der Waals surface area contributed by atoms with Gasteiger partial charge < -0.3 is 5.11 Å². The molecule has 104 valence electrons. The highest BCUT2D eigenvalue weighted by molar-refractivity contribution is 5.75. The molecule has 0 saturated heterocycles. The van der Waals surface area contributed by atoms with Gasteiger partial charge in [-0.2, -0.15) is 0 Å². The Hall–Kier alpha value is -1.88. The van der Waals surface area contributed by atoms with E-state index < -0.39 is 12.0 Å². The van der Waals surface area contributed by atoms with E-state index in [9.17, 15) is 9.59 Å². The Bertz CT molecular complexity index is 405. The zero-order valence-electron chi connectivity index (χ0n) is 11.2. The van der Waals surface area contributed by atoms with Crippen molar-refractivity contribution in [2.24, 2.45) is 5.92 Å². The molecule has 0 aromatic heterocycles. The van der Waals surface area contributed by atoms with Crippen molar-refractivity contribution in [2.75, 3.05) is 0 Å². The number of hydrogen-bond acceptors (Lipinski definition) is 3. The minimum atomic E-state index is -1.06. The fourth-order valence-electron chi connectivity index (χ4n) is 1.68. The second-order valence-electron chi connectivity index (χ2n) is 4.71. The number of rotatable bonds is 8. The normalized spacial score (nSPS) is 12.2. The lowest BCUT2D eigenvalue weighted by molar-refractivity contribution is -0.202. The van der Waals surface area contributed by atoms with Gasteiger partial charge >= 0.3 is 5.97 Å². The fourth-order valence-corrected chi connectivity index (χ4v) is 1.68. The quantitative estimate of drug-likeness (QED) is 0.577. The average molecular weight is 265 g/mol. The third kappa shape index (κ3) is 5.09. The molecule has 0 heterocycles. The lowest BCUT2D eigenvalue weighted by Gasteiger charge is -2.25. The maximum absolute atomic E-state index is 11.2. The number of hydroxylamine groups is 2. The first-order valence-corrected chi connectivity index (χ1v) is 6.18. The molecule has 1 rings (SSSR count). The highest BCUT2D eigenvalue weighted by Crippen LogP contribution is 2.13. The predicted molar refractivity (Wildman–Crippen MR) is 70.0 cm³/mol. The lowest BCUT2D eigenvalue weighted by atomic mass is 10.0. The first kappa shape index (κ1) is 15.2. The molecule has 0 unspecified atom stereocenters. The molecule has 0 radical (unpaired) electrons. The molecule has 1 amide bonds. The number of hydrogen-bond donors (Lipinski definition) is 1. The van der Waals surface area contributed by atoms with Gasteiger partial charge in [0.2, 0.25) is 6.41 Å². The summed E-state index contributed by atoms with van der Waals surface area (Å²) in [5.41, 5.74) is 0.878. The molecule has 5 heteroatoms. The van der Waals surface area contributed by atoms with E-state index >= 15 is 0 Å². The zero-order chi connectivity index (χ0) is 14.3. The molecule has 0 aliphatic heterocycles. The molecule has 0 fully saturated rings. The van der Waals surface area contributed by atoms with Gasteiger partial charge in [0.25, 0.3) is 0 Å². The van der Waals surface area contributed by atoms with E-state index in [1.165, 1.54) is 0 Å². The highest BCUT2D eigenvalue weighted by atomic mass is 16.7. The molecule has 0 saturated carbocycles. The van der Waals surface area contributed by atoms with Gasteiger partial charge in [-0.3, -0.25) is 9.63 Å². The van der Waals surface area contributed by atoms with Crippen LogP contribution in [0.4, 0.5) is 0 Å². The summed E-state index contributed by atoms with van der Waals surface area (Å²) in [5, 5.41) is 10.0. The maximum Gasteiger partial charge on any atom is 0.329 e. The Balaban J connectivity index is 2.64. The largest absolute Gasteiger partial charge is 0.480 e. The molecular formula is C14H19NO4. The lowest BCUT2D eigenvalue weighted by Crippen LogP contribution is -2.41. The second-order valence-corrected chi connectivity index (χ2v) is 4.71. The summed E-state index contributed by atoms with van der Waals surface area (Å²) in [4.78, 5) is 27.4. The molecule has 1 atom stereocenters. The summed E-state index contributed by atoms with van der Waals surface area (Å²) < 4.78 is 0. The monoisotopic (exact) mass is 265 g/mol. The molecule has 1 aromatic rings. The molecule has 0 aliphatic rings. The van der Waals surface area contributed by atoms with Gasteiger partial charge in [0.1, 0.15) is 6.61 Å². The van der Waals surface area contributed by atoms with E-state index in [0.717, 1.165) is 10.6 Å². The van der Waals surface area contributed by atoms with Crippen LogP contribution < -0.4 is 0 Å². The van der Waals surface area contributed by atoms with E-state index in [2.05, 4.69) is 0 Å². The van der Waals surface area contributed by atoms with Crippen molar-refractivity contribution in [3.8, 4) is 0 Å². The Morgan fingerprint density at radius 2 is 2.00 bits per heavy atom. The van der Waals surface area contributed by atoms with Crippen LogP contribution in [0.3, 0.4) is 0 Å². The van der Waals surface area contributed by atoms with Crippen LogP contribution in [0.5, 0.6) is 0 Å². The van der Waals surface area contributed by atoms with Crippen molar-refractivity contribution in [3.63, 3.8) is 0 Å². The Morgan fingerprint density at radius 3 is 2.47 bits per heavy atom. The summed E-state index contributed by atoms with van der Waals surface area (Å²) in [6.07, 6.45) is 0.771. The van der Waals surface area contributed by atoms with Crippen LogP contribution in [0.15, 0.2) is 30.3 Å². The van der Waals surface area contributed by atoms with Gasteiger partial charge in [-0.25, -0.2) is 9.86 Å². The van der Waals surface area contributed by atoms with Crippen LogP contribution in [0.2, 0.25) is 0 Å². The highest BCUT2D eigenvalue weighted by Gasteiger charge is 2.26. The number of nitrogens with zero attached hydrogens (tertiary/aromatic N) is 1. The van der Waals surface area contributed by atoms with E-state index in [-0.39, 0.29) is 12.5 Å². The minimum absolute atomic E-state index is 0.156. The van der Waals surface area contributed by atoms with Gasteiger partial charge in [0.15, 0.2) is 6.04 Å². The number of carbonyl (C=O) groups is 2. The Kier molecular flexibility index (Phi) is 6.02. The van der Waals surface area contributed by atoms with Crippen LogP contribution in [0.1, 0.15) is 25.8 Å². The molecule has 1 N–H and O–H groups in total. The maximum atomic E-state index is 11.2. The molecule has 1 aromatic carbocycles. The third-order valence-corrected chi connectivity index (χ3v) is 2.61. The van der Waals surface area contributed by atoms with Crippen molar-refractivity contribution < 1.29 is 19.5 Å². The van der Waals surface area contributed by atoms with Crippen LogP contribution >= 0.6 is 0 Å². The van der Waals surface area contributed by atoms with Gasteiger partial charge in [-0.1, -0.05) is 44.2 Å². The number of amides is 1. The molecular weight excluding hydrogens is 246 g/mol. The van der Waals surface area contributed by atoms with Crippen molar-refractivity contribution >= 4 is 12.4 Å². The van der Waals surface area contributed by atoms with Gasteiger partial charge in [-0.15, -0.1) is 0 Å².